The lowest BCUT2D eigenvalue weighted by Crippen LogP contribution is -2.47. The van der Waals surface area contributed by atoms with Gasteiger partial charge in [-0.1, -0.05) is 30.3 Å². The molecule has 1 fully saturated rings. The van der Waals surface area contributed by atoms with Crippen LogP contribution in [-0.4, -0.2) is 49.7 Å². The van der Waals surface area contributed by atoms with Gasteiger partial charge in [-0.15, -0.1) is 24.8 Å². The van der Waals surface area contributed by atoms with Crippen LogP contribution in [0.2, 0.25) is 0 Å². The van der Waals surface area contributed by atoms with Crippen LogP contribution in [0.3, 0.4) is 0 Å². The van der Waals surface area contributed by atoms with Gasteiger partial charge in [0.2, 0.25) is 5.91 Å². The highest BCUT2D eigenvalue weighted by atomic mass is 35.5. The minimum atomic E-state index is -0.584. The highest BCUT2D eigenvalue weighted by molar-refractivity contribution is 5.85. The SMILES string of the molecule is COCC(N)C(=O)NCC1CCCN1Cc1ccccc1.Cl.Cl. The van der Waals surface area contributed by atoms with Crippen LogP contribution < -0.4 is 11.1 Å². The summed E-state index contributed by atoms with van der Waals surface area (Å²) in [5.74, 6) is -0.136. The maximum atomic E-state index is 11.8. The molecule has 132 valence electrons. The van der Waals surface area contributed by atoms with Crippen molar-refractivity contribution in [3.8, 4) is 0 Å². The number of benzene rings is 1. The van der Waals surface area contributed by atoms with Gasteiger partial charge in [0.05, 0.1) is 6.61 Å². The van der Waals surface area contributed by atoms with Crippen molar-refractivity contribution in [1.29, 1.82) is 0 Å². The first kappa shape index (κ1) is 22.1. The molecule has 1 aromatic carbocycles. The number of methoxy groups -OCH3 is 1. The Balaban J connectivity index is 0.00000242. The third kappa shape index (κ3) is 7.06. The summed E-state index contributed by atoms with van der Waals surface area (Å²) in [4.78, 5) is 14.2. The number of halogens is 2. The Hall–Kier alpha value is -0.850. The van der Waals surface area contributed by atoms with E-state index in [1.807, 2.05) is 6.07 Å². The van der Waals surface area contributed by atoms with E-state index in [0.717, 1.165) is 19.5 Å². The van der Waals surface area contributed by atoms with Gasteiger partial charge in [-0.2, -0.15) is 0 Å². The first-order chi connectivity index (χ1) is 10.2. The van der Waals surface area contributed by atoms with E-state index in [2.05, 4.69) is 34.5 Å². The lowest BCUT2D eigenvalue weighted by molar-refractivity contribution is -0.123. The van der Waals surface area contributed by atoms with Gasteiger partial charge in [0.15, 0.2) is 0 Å². The minimum absolute atomic E-state index is 0. The summed E-state index contributed by atoms with van der Waals surface area (Å²) in [6.07, 6.45) is 2.30. The first-order valence-corrected chi connectivity index (χ1v) is 7.51. The molecule has 1 aliphatic heterocycles. The van der Waals surface area contributed by atoms with Crippen LogP contribution in [0.1, 0.15) is 18.4 Å². The average Bonchev–Trinajstić information content (AvgIpc) is 2.93. The van der Waals surface area contributed by atoms with Gasteiger partial charge in [-0.3, -0.25) is 9.69 Å². The van der Waals surface area contributed by atoms with Gasteiger partial charge in [-0.05, 0) is 24.9 Å². The fourth-order valence-corrected chi connectivity index (χ4v) is 2.76. The van der Waals surface area contributed by atoms with Gasteiger partial charge in [0, 0.05) is 26.2 Å². The number of likely N-dealkylation sites (tertiary alicyclic amines) is 1. The molecule has 1 amide bonds. The van der Waals surface area contributed by atoms with E-state index in [1.54, 1.807) is 7.11 Å². The lowest BCUT2D eigenvalue weighted by atomic mass is 10.1. The normalized spacial score (nSPS) is 18.6. The summed E-state index contributed by atoms with van der Waals surface area (Å²) in [7, 11) is 1.55. The molecule has 7 heteroatoms. The summed E-state index contributed by atoms with van der Waals surface area (Å²) in [5.41, 5.74) is 7.03. The molecule has 5 nitrogen and oxygen atoms in total. The predicted octanol–water partition coefficient (Wildman–Crippen LogP) is 1.58. The van der Waals surface area contributed by atoms with E-state index in [1.165, 1.54) is 12.0 Å². The number of nitrogens with two attached hydrogens (primary N) is 1. The molecule has 23 heavy (non-hydrogen) atoms. The summed E-state index contributed by atoms with van der Waals surface area (Å²) in [6, 6.07) is 10.2. The molecule has 0 aliphatic carbocycles. The van der Waals surface area contributed by atoms with Gasteiger partial charge >= 0.3 is 0 Å². The number of carbonyl (C=O) groups excluding carboxylic acids is 1. The summed E-state index contributed by atoms with van der Waals surface area (Å²) < 4.78 is 4.90. The van der Waals surface area contributed by atoms with Crippen molar-refractivity contribution in [1.82, 2.24) is 10.2 Å². The fraction of sp³-hybridized carbons (Fsp3) is 0.562. The summed E-state index contributed by atoms with van der Waals surface area (Å²) in [5, 5.41) is 2.94. The van der Waals surface area contributed by atoms with Crippen LogP contribution in [0, 0.1) is 0 Å². The van der Waals surface area contributed by atoms with Crippen molar-refractivity contribution in [3.05, 3.63) is 35.9 Å². The molecule has 2 unspecified atom stereocenters. The standard InChI is InChI=1S/C16H25N3O2.2ClH/c1-21-12-15(17)16(20)18-10-14-8-5-9-19(14)11-13-6-3-2-4-7-13;;/h2-4,6-7,14-15H,5,8-12,17H2,1H3,(H,18,20);2*1H. The molecule has 0 saturated carbocycles. The smallest absolute Gasteiger partial charge is 0.239 e. The van der Waals surface area contributed by atoms with Crippen molar-refractivity contribution in [2.24, 2.45) is 5.73 Å². The van der Waals surface area contributed by atoms with E-state index in [9.17, 15) is 4.79 Å². The zero-order valence-corrected chi connectivity index (χ0v) is 15.1. The largest absolute Gasteiger partial charge is 0.383 e. The monoisotopic (exact) mass is 363 g/mol. The molecule has 2 atom stereocenters. The molecule has 1 saturated heterocycles. The van der Waals surface area contributed by atoms with Gasteiger partial charge in [0.1, 0.15) is 6.04 Å². The lowest BCUT2D eigenvalue weighted by Gasteiger charge is -2.25. The third-order valence-corrected chi connectivity index (χ3v) is 3.92. The van der Waals surface area contributed by atoms with Gasteiger partial charge < -0.3 is 15.8 Å². The van der Waals surface area contributed by atoms with Crippen molar-refractivity contribution >= 4 is 30.7 Å². The van der Waals surface area contributed by atoms with Crippen LogP contribution in [0.5, 0.6) is 0 Å². The van der Waals surface area contributed by atoms with Gasteiger partial charge in [-0.25, -0.2) is 0 Å². The number of hydrogen-bond acceptors (Lipinski definition) is 4. The quantitative estimate of drug-likeness (QED) is 0.771. The Morgan fingerprint density at radius 3 is 2.74 bits per heavy atom. The molecule has 1 aliphatic rings. The van der Waals surface area contributed by atoms with E-state index in [-0.39, 0.29) is 37.3 Å². The fourth-order valence-electron chi connectivity index (χ4n) is 2.76. The van der Waals surface area contributed by atoms with Crippen molar-refractivity contribution in [2.75, 3.05) is 26.8 Å². The van der Waals surface area contributed by atoms with E-state index >= 15 is 0 Å². The van der Waals surface area contributed by atoms with Crippen LogP contribution in [0.15, 0.2) is 30.3 Å². The molecular weight excluding hydrogens is 337 g/mol. The number of nitrogens with one attached hydrogen (secondary N) is 1. The highest BCUT2D eigenvalue weighted by Crippen LogP contribution is 2.19. The second kappa shape index (κ2) is 11.6. The van der Waals surface area contributed by atoms with Crippen molar-refractivity contribution in [2.45, 2.75) is 31.5 Å². The molecule has 2 rings (SSSR count). The Labute approximate surface area is 150 Å². The van der Waals surface area contributed by atoms with Crippen LogP contribution in [0.4, 0.5) is 0 Å². The first-order valence-electron chi connectivity index (χ1n) is 7.51. The number of nitrogens with zero attached hydrogens (tertiary/aromatic N) is 1. The molecule has 0 spiro atoms. The second-order valence-corrected chi connectivity index (χ2v) is 5.56. The van der Waals surface area contributed by atoms with Gasteiger partial charge in [0.25, 0.3) is 0 Å². The Morgan fingerprint density at radius 1 is 1.39 bits per heavy atom. The number of hydrogen-bond donors (Lipinski definition) is 2. The van der Waals surface area contributed by atoms with Crippen molar-refractivity contribution < 1.29 is 9.53 Å². The molecular formula is C16H27Cl2N3O2. The second-order valence-electron chi connectivity index (χ2n) is 5.56. The summed E-state index contributed by atoms with van der Waals surface area (Å²) >= 11 is 0. The molecule has 1 heterocycles. The predicted molar refractivity (Wildman–Crippen MR) is 97.2 cm³/mol. The van der Waals surface area contributed by atoms with Crippen LogP contribution in [-0.2, 0) is 16.1 Å². The number of ether oxygens (including phenoxy) is 1. The molecule has 0 aromatic heterocycles. The Morgan fingerprint density at radius 2 is 2.09 bits per heavy atom. The zero-order chi connectivity index (χ0) is 15.1. The Kier molecular flexibility index (Phi) is 11.2. The number of rotatable bonds is 7. The maximum absolute atomic E-state index is 11.8. The Bertz CT molecular complexity index is 448. The third-order valence-electron chi connectivity index (χ3n) is 3.92. The van der Waals surface area contributed by atoms with E-state index in [4.69, 9.17) is 10.5 Å². The highest BCUT2D eigenvalue weighted by Gasteiger charge is 2.25. The number of carbonyl (C=O) groups is 1. The molecule has 0 bridgehead atoms. The zero-order valence-electron chi connectivity index (χ0n) is 13.4. The van der Waals surface area contributed by atoms with E-state index < -0.39 is 6.04 Å². The van der Waals surface area contributed by atoms with Crippen LogP contribution >= 0.6 is 24.8 Å². The van der Waals surface area contributed by atoms with E-state index in [0.29, 0.717) is 12.6 Å². The molecule has 0 radical (unpaired) electrons. The average molecular weight is 364 g/mol. The summed E-state index contributed by atoms with van der Waals surface area (Å²) in [6.45, 7) is 2.93. The molecule has 1 aromatic rings. The van der Waals surface area contributed by atoms with Crippen molar-refractivity contribution in [3.63, 3.8) is 0 Å². The minimum Gasteiger partial charge on any atom is -0.383 e. The maximum Gasteiger partial charge on any atom is 0.239 e. The van der Waals surface area contributed by atoms with Crippen LogP contribution in [0.25, 0.3) is 0 Å². The topological polar surface area (TPSA) is 67.6 Å². The molecule has 3 N–H and O–H groups in total. The number of amides is 1.